The molecule has 4 aromatic rings. The largest absolute Gasteiger partial charge is 0.493 e. The Morgan fingerprint density at radius 2 is 1.81 bits per heavy atom. The Morgan fingerprint density at radius 1 is 0.963 bits per heavy atom. The first-order valence-electron chi connectivity index (χ1n) is 8.31. The van der Waals surface area contributed by atoms with E-state index in [4.69, 9.17) is 9.47 Å². The number of rotatable bonds is 4. The summed E-state index contributed by atoms with van der Waals surface area (Å²) in [6.07, 6.45) is 3.28. The van der Waals surface area contributed by atoms with Gasteiger partial charge in [-0.3, -0.25) is 9.97 Å². The zero-order valence-electron chi connectivity index (χ0n) is 14.9. The third-order valence-corrected chi connectivity index (χ3v) is 4.39. The zero-order chi connectivity index (χ0) is 18.8. The molecule has 0 amide bonds. The van der Waals surface area contributed by atoms with E-state index in [9.17, 15) is 5.26 Å². The van der Waals surface area contributed by atoms with E-state index in [1.165, 1.54) is 6.20 Å². The van der Waals surface area contributed by atoms with E-state index in [2.05, 4.69) is 21.4 Å². The van der Waals surface area contributed by atoms with Crippen molar-refractivity contribution in [1.29, 1.82) is 5.26 Å². The fourth-order valence-corrected chi connectivity index (χ4v) is 3.14. The van der Waals surface area contributed by atoms with Crippen LogP contribution in [0.15, 0.2) is 54.9 Å². The topological polar surface area (TPSA) is 80.1 Å². The molecule has 0 aliphatic rings. The highest BCUT2D eigenvalue weighted by atomic mass is 16.5. The van der Waals surface area contributed by atoms with E-state index in [1.807, 2.05) is 36.4 Å². The number of para-hydroxylation sites is 1. The predicted molar refractivity (Wildman–Crippen MR) is 105 cm³/mol. The number of ether oxygens (including phenoxy) is 2. The Kier molecular flexibility index (Phi) is 4.19. The van der Waals surface area contributed by atoms with Crippen LogP contribution in [0, 0.1) is 11.3 Å². The van der Waals surface area contributed by atoms with Crippen LogP contribution in [0.4, 0.5) is 11.4 Å². The highest BCUT2D eigenvalue weighted by Gasteiger charge is 2.16. The van der Waals surface area contributed by atoms with Gasteiger partial charge >= 0.3 is 0 Å². The molecule has 0 spiro atoms. The molecular formula is C21H16N4O2. The number of nitrogens with one attached hydrogen (secondary N) is 1. The summed E-state index contributed by atoms with van der Waals surface area (Å²) in [5, 5.41) is 14.7. The summed E-state index contributed by atoms with van der Waals surface area (Å²) in [7, 11) is 3.15. The van der Waals surface area contributed by atoms with Gasteiger partial charge in [0.25, 0.3) is 0 Å². The van der Waals surface area contributed by atoms with Crippen LogP contribution >= 0.6 is 0 Å². The standard InChI is InChI=1S/C21H16N4O2/c1-26-17-9-8-15-18(14(11-22)12-24-20(15)21(17)27-2)25-16-7-3-5-13-6-4-10-23-19(13)16/h3-10,12H,1-2H3,(H,24,25). The average Bonchev–Trinajstić information content (AvgIpc) is 2.73. The van der Waals surface area contributed by atoms with Gasteiger partial charge in [0, 0.05) is 23.2 Å². The van der Waals surface area contributed by atoms with Crippen LogP contribution in [0.25, 0.3) is 21.8 Å². The normalized spacial score (nSPS) is 10.6. The minimum Gasteiger partial charge on any atom is -0.493 e. The second-order valence-electron chi connectivity index (χ2n) is 5.86. The van der Waals surface area contributed by atoms with Gasteiger partial charge < -0.3 is 14.8 Å². The van der Waals surface area contributed by atoms with Gasteiger partial charge in [0.15, 0.2) is 11.5 Å². The van der Waals surface area contributed by atoms with Crippen molar-refractivity contribution >= 4 is 33.2 Å². The van der Waals surface area contributed by atoms with Crippen LogP contribution in [-0.2, 0) is 0 Å². The molecule has 2 aromatic heterocycles. The smallest absolute Gasteiger partial charge is 0.187 e. The maximum absolute atomic E-state index is 9.59. The summed E-state index contributed by atoms with van der Waals surface area (Å²) >= 11 is 0. The molecule has 1 N–H and O–H groups in total. The molecule has 0 radical (unpaired) electrons. The molecule has 132 valence electrons. The van der Waals surface area contributed by atoms with Gasteiger partial charge in [-0.25, -0.2) is 0 Å². The number of methoxy groups -OCH3 is 2. The minimum atomic E-state index is 0.433. The van der Waals surface area contributed by atoms with Crippen molar-refractivity contribution < 1.29 is 9.47 Å². The summed E-state index contributed by atoms with van der Waals surface area (Å²) in [6.45, 7) is 0. The van der Waals surface area contributed by atoms with Crippen molar-refractivity contribution in [2.45, 2.75) is 0 Å². The van der Waals surface area contributed by atoms with Gasteiger partial charge in [-0.15, -0.1) is 0 Å². The highest BCUT2D eigenvalue weighted by molar-refractivity contribution is 6.02. The number of benzene rings is 2. The van der Waals surface area contributed by atoms with Crippen molar-refractivity contribution in [2.75, 3.05) is 19.5 Å². The van der Waals surface area contributed by atoms with Crippen LogP contribution in [0.1, 0.15) is 5.56 Å². The molecular weight excluding hydrogens is 340 g/mol. The second kappa shape index (κ2) is 6.81. The lowest BCUT2D eigenvalue weighted by Crippen LogP contribution is -2.00. The first kappa shape index (κ1) is 16.6. The quantitative estimate of drug-likeness (QED) is 0.583. The highest BCUT2D eigenvalue weighted by Crippen LogP contribution is 2.39. The predicted octanol–water partition coefficient (Wildman–Crippen LogP) is 4.42. The molecule has 6 heteroatoms. The summed E-state index contributed by atoms with van der Waals surface area (Å²) in [6, 6.07) is 15.6. The molecule has 6 nitrogen and oxygen atoms in total. The van der Waals surface area contributed by atoms with Crippen LogP contribution < -0.4 is 14.8 Å². The van der Waals surface area contributed by atoms with Crippen molar-refractivity contribution in [3.05, 3.63) is 60.4 Å². The second-order valence-corrected chi connectivity index (χ2v) is 5.86. The van der Waals surface area contributed by atoms with Gasteiger partial charge in [-0.2, -0.15) is 5.26 Å². The number of hydrogen-bond donors (Lipinski definition) is 1. The average molecular weight is 356 g/mol. The van der Waals surface area contributed by atoms with Gasteiger partial charge in [0.2, 0.25) is 0 Å². The lowest BCUT2D eigenvalue weighted by molar-refractivity contribution is 0.358. The maximum atomic E-state index is 9.59. The van der Waals surface area contributed by atoms with Gasteiger partial charge in [-0.1, -0.05) is 18.2 Å². The zero-order valence-corrected chi connectivity index (χ0v) is 14.9. The van der Waals surface area contributed by atoms with Gasteiger partial charge in [0.1, 0.15) is 11.6 Å². The monoisotopic (exact) mass is 356 g/mol. The van der Waals surface area contributed by atoms with E-state index in [1.54, 1.807) is 26.5 Å². The lowest BCUT2D eigenvalue weighted by Gasteiger charge is -2.15. The minimum absolute atomic E-state index is 0.433. The Hall–Kier alpha value is -3.85. The van der Waals surface area contributed by atoms with Crippen LogP contribution in [-0.4, -0.2) is 24.2 Å². The summed E-state index contributed by atoms with van der Waals surface area (Å²) < 4.78 is 10.8. The van der Waals surface area contributed by atoms with Gasteiger partial charge in [-0.05, 0) is 24.3 Å². The number of nitriles is 1. The van der Waals surface area contributed by atoms with E-state index < -0.39 is 0 Å². The van der Waals surface area contributed by atoms with Crippen LogP contribution in [0.5, 0.6) is 11.5 Å². The number of fused-ring (bicyclic) bond motifs is 2. The van der Waals surface area contributed by atoms with Gasteiger partial charge in [0.05, 0.1) is 36.7 Å². The number of hydrogen-bond acceptors (Lipinski definition) is 6. The molecule has 0 fully saturated rings. The Balaban J connectivity index is 1.96. The molecule has 0 bridgehead atoms. The Labute approximate surface area is 156 Å². The third-order valence-electron chi connectivity index (χ3n) is 4.39. The fourth-order valence-electron chi connectivity index (χ4n) is 3.14. The number of anilines is 2. The SMILES string of the molecule is COc1ccc2c(Nc3cccc4cccnc34)c(C#N)cnc2c1OC. The first-order valence-corrected chi connectivity index (χ1v) is 8.31. The molecule has 0 unspecified atom stereocenters. The molecule has 0 aliphatic carbocycles. The maximum Gasteiger partial charge on any atom is 0.187 e. The molecule has 0 atom stereocenters. The molecule has 0 saturated carbocycles. The Morgan fingerprint density at radius 3 is 2.59 bits per heavy atom. The van der Waals surface area contributed by atoms with Crippen molar-refractivity contribution in [2.24, 2.45) is 0 Å². The molecule has 0 aliphatic heterocycles. The molecule has 2 heterocycles. The number of aromatic nitrogens is 2. The van der Waals surface area contributed by atoms with Crippen LogP contribution in [0.2, 0.25) is 0 Å². The summed E-state index contributed by atoms with van der Waals surface area (Å²) in [5.41, 5.74) is 3.34. The van der Waals surface area contributed by atoms with Crippen molar-refractivity contribution in [3.63, 3.8) is 0 Å². The Bertz CT molecular complexity index is 1190. The number of nitrogens with zero attached hydrogens (tertiary/aromatic N) is 3. The van der Waals surface area contributed by atoms with E-state index in [0.717, 1.165) is 22.0 Å². The molecule has 2 aromatic carbocycles. The third kappa shape index (κ3) is 2.75. The summed E-state index contributed by atoms with van der Waals surface area (Å²) in [5.74, 6) is 1.11. The van der Waals surface area contributed by atoms with E-state index in [0.29, 0.717) is 28.3 Å². The van der Waals surface area contributed by atoms with Crippen molar-refractivity contribution in [1.82, 2.24) is 9.97 Å². The summed E-state index contributed by atoms with van der Waals surface area (Å²) in [4.78, 5) is 8.88. The lowest BCUT2D eigenvalue weighted by atomic mass is 10.1. The molecule has 0 saturated heterocycles. The van der Waals surface area contributed by atoms with Crippen LogP contribution in [0.3, 0.4) is 0 Å². The van der Waals surface area contributed by atoms with Crippen molar-refractivity contribution in [3.8, 4) is 17.6 Å². The first-order chi connectivity index (χ1) is 13.3. The molecule has 27 heavy (non-hydrogen) atoms. The molecule has 4 rings (SSSR count). The van der Waals surface area contributed by atoms with E-state index in [-0.39, 0.29) is 0 Å². The fraction of sp³-hybridized carbons (Fsp3) is 0.0952. The van der Waals surface area contributed by atoms with E-state index >= 15 is 0 Å². The number of pyridine rings is 2.